The number of rotatable bonds is 8. The molecule has 3 fully saturated rings. The first-order valence-corrected chi connectivity index (χ1v) is 10.4. The van der Waals surface area contributed by atoms with Gasteiger partial charge in [-0.2, -0.15) is 0 Å². The normalized spacial score (nSPS) is 24.8. The van der Waals surface area contributed by atoms with Crippen LogP contribution in [0.15, 0.2) is 24.3 Å². The maximum Gasteiger partial charge on any atom is 0.406 e. The number of hydrogen-bond donors (Lipinski definition) is 1. The van der Waals surface area contributed by atoms with Gasteiger partial charge in [0.2, 0.25) is 0 Å². The standard InChI is InChI=1S/C23H32N2O4/c1-23(29-22(24)26,16-20-17-25-12-9-19(20)10-13-25)11-8-18-4-6-21(7-5-18)28-15-3-14-27-2/h4-7,19-20H,3,9-10,12-17H2,1-2H3,(H2,24,26). The predicted molar refractivity (Wildman–Crippen MR) is 112 cm³/mol. The lowest BCUT2D eigenvalue weighted by atomic mass is 9.74. The lowest BCUT2D eigenvalue weighted by Crippen LogP contribution is -2.50. The molecule has 6 nitrogen and oxygen atoms in total. The van der Waals surface area contributed by atoms with Gasteiger partial charge in [-0.05, 0) is 69.0 Å². The van der Waals surface area contributed by atoms with Gasteiger partial charge in [0, 0.05) is 38.7 Å². The molecule has 2 unspecified atom stereocenters. The van der Waals surface area contributed by atoms with Crippen molar-refractivity contribution in [1.29, 1.82) is 0 Å². The second kappa shape index (κ2) is 10.00. The van der Waals surface area contributed by atoms with Crippen LogP contribution in [0.4, 0.5) is 4.79 Å². The third-order valence-electron chi connectivity index (χ3n) is 5.86. The number of fused-ring (bicyclic) bond motifs is 3. The van der Waals surface area contributed by atoms with E-state index in [4.69, 9.17) is 19.9 Å². The van der Waals surface area contributed by atoms with Crippen LogP contribution in [-0.2, 0) is 9.47 Å². The average molecular weight is 401 g/mol. The van der Waals surface area contributed by atoms with E-state index in [1.165, 1.54) is 25.9 Å². The van der Waals surface area contributed by atoms with E-state index in [9.17, 15) is 4.79 Å². The number of benzene rings is 1. The van der Waals surface area contributed by atoms with Gasteiger partial charge in [0.1, 0.15) is 5.75 Å². The number of hydrogen-bond acceptors (Lipinski definition) is 5. The van der Waals surface area contributed by atoms with Crippen molar-refractivity contribution in [2.24, 2.45) is 17.6 Å². The highest BCUT2D eigenvalue weighted by Crippen LogP contribution is 2.37. The van der Waals surface area contributed by atoms with E-state index in [1.807, 2.05) is 31.2 Å². The largest absolute Gasteiger partial charge is 0.494 e. The van der Waals surface area contributed by atoms with Crippen LogP contribution in [0.25, 0.3) is 0 Å². The zero-order valence-corrected chi connectivity index (χ0v) is 17.5. The molecule has 158 valence electrons. The van der Waals surface area contributed by atoms with Crippen LogP contribution < -0.4 is 10.5 Å². The quantitative estimate of drug-likeness (QED) is 0.536. The van der Waals surface area contributed by atoms with Crippen LogP contribution >= 0.6 is 0 Å². The summed E-state index contributed by atoms with van der Waals surface area (Å²) in [5.41, 5.74) is 5.32. The summed E-state index contributed by atoms with van der Waals surface area (Å²) in [6.07, 6.45) is 3.22. The molecule has 0 spiro atoms. The molecule has 29 heavy (non-hydrogen) atoms. The van der Waals surface area contributed by atoms with Crippen LogP contribution in [0, 0.1) is 23.7 Å². The SMILES string of the molecule is COCCCOc1ccc(C#CC(C)(CC2CN3CCC2CC3)OC(N)=O)cc1. The van der Waals surface area contributed by atoms with Crippen molar-refractivity contribution >= 4 is 6.09 Å². The minimum Gasteiger partial charge on any atom is -0.494 e. The summed E-state index contributed by atoms with van der Waals surface area (Å²) in [6, 6.07) is 7.63. The molecule has 3 heterocycles. The summed E-state index contributed by atoms with van der Waals surface area (Å²) in [7, 11) is 1.68. The zero-order chi connectivity index (χ0) is 20.7. The number of methoxy groups -OCH3 is 1. The third-order valence-corrected chi connectivity index (χ3v) is 5.86. The topological polar surface area (TPSA) is 74.0 Å². The summed E-state index contributed by atoms with van der Waals surface area (Å²) in [5.74, 6) is 8.31. The van der Waals surface area contributed by atoms with Gasteiger partial charge >= 0.3 is 6.09 Å². The highest BCUT2D eigenvalue weighted by atomic mass is 16.6. The van der Waals surface area contributed by atoms with Gasteiger partial charge in [0.15, 0.2) is 5.60 Å². The Morgan fingerprint density at radius 1 is 1.24 bits per heavy atom. The van der Waals surface area contributed by atoms with Gasteiger partial charge in [-0.25, -0.2) is 4.79 Å². The van der Waals surface area contributed by atoms with E-state index >= 15 is 0 Å². The fourth-order valence-electron chi connectivity index (χ4n) is 4.39. The Kier molecular flexibility index (Phi) is 7.40. The van der Waals surface area contributed by atoms with Crippen LogP contribution in [0.2, 0.25) is 0 Å². The van der Waals surface area contributed by atoms with E-state index in [0.29, 0.717) is 31.5 Å². The average Bonchev–Trinajstić information content (AvgIpc) is 2.71. The van der Waals surface area contributed by atoms with E-state index in [2.05, 4.69) is 16.7 Å². The summed E-state index contributed by atoms with van der Waals surface area (Å²) >= 11 is 0. The highest BCUT2D eigenvalue weighted by Gasteiger charge is 2.39. The number of piperidine rings is 3. The fraction of sp³-hybridized carbons (Fsp3) is 0.609. The van der Waals surface area contributed by atoms with E-state index in [1.54, 1.807) is 7.11 Å². The number of carbonyl (C=O) groups is 1. The number of amides is 1. The zero-order valence-electron chi connectivity index (χ0n) is 17.5. The Morgan fingerprint density at radius 2 is 1.97 bits per heavy atom. The summed E-state index contributed by atoms with van der Waals surface area (Å²) in [4.78, 5) is 14.0. The number of nitrogens with zero attached hydrogens (tertiary/aromatic N) is 1. The molecule has 0 saturated carbocycles. The van der Waals surface area contributed by atoms with E-state index in [-0.39, 0.29) is 0 Å². The number of carbonyl (C=O) groups excluding carboxylic acids is 1. The molecule has 3 aliphatic heterocycles. The first-order chi connectivity index (χ1) is 14.0. The molecule has 2 atom stereocenters. The Balaban J connectivity index is 1.64. The molecule has 4 rings (SSSR count). The molecule has 0 radical (unpaired) electrons. The van der Waals surface area contributed by atoms with Crippen molar-refractivity contribution in [2.45, 2.75) is 38.2 Å². The molecule has 1 aromatic carbocycles. The van der Waals surface area contributed by atoms with Gasteiger partial charge < -0.3 is 24.8 Å². The Bertz CT molecular complexity index is 731. The first kappa shape index (κ1) is 21.5. The van der Waals surface area contributed by atoms with Crippen molar-refractivity contribution < 1.29 is 19.0 Å². The van der Waals surface area contributed by atoms with Crippen LogP contribution in [0.1, 0.15) is 38.2 Å². The fourth-order valence-corrected chi connectivity index (χ4v) is 4.39. The molecule has 3 aliphatic rings. The Morgan fingerprint density at radius 3 is 2.55 bits per heavy atom. The monoisotopic (exact) mass is 400 g/mol. The summed E-state index contributed by atoms with van der Waals surface area (Å²) in [5, 5.41) is 0. The van der Waals surface area contributed by atoms with E-state index < -0.39 is 11.7 Å². The van der Waals surface area contributed by atoms with Crippen molar-refractivity contribution in [3.8, 4) is 17.6 Å². The van der Waals surface area contributed by atoms with Crippen LogP contribution in [0.3, 0.4) is 0 Å². The van der Waals surface area contributed by atoms with E-state index in [0.717, 1.165) is 24.3 Å². The molecule has 3 saturated heterocycles. The molecular weight excluding hydrogens is 368 g/mol. The third kappa shape index (κ3) is 6.38. The summed E-state index contributed by atoms with van der Waals surface area (Å²) < 4.78 is 16.2. The van der Waals surface area contributed by atoms with Gasteiger partial charge in [-0.3, -0.25) is 0 Å². The molecule has 2 bridgehead atoms. The number of primary amides is 1. The molecule has 0 aliphatic carbocycles. The van der Waals surface area contributed by atoms with Crippen LogP contribution in [-0.4, -0.2) is 56.6 Å². The second-order valence-electron chi connectivity index (χ2n) is 8.22. The smallest absolute Gasteiger partial charge is 0.406 e. The van der Waals surface area contributed by atoms with Gasteiger partial charge in [0.05, 0.1) is 6.61 Å². The molecule has 1 amide bonds. The van der Waals surface area contributed by atoms with Crippen molar-refractivity contribution in [3.63, 3.8) is 0 Å². The van der Waals surface area contributed by atoms with Gasteiger partial charge in [-0.1, -0.05) is 11.8 Å². The van der Waals surface area contributed by atoms with Crippen molar-refractivity contribution in [2.75, 3.05) is 40.0 Å². The number of nitrogens with two attached hydrogens (primary N) is 1. The lowest BCUT2D eigenvalue weighted by Gasteiger charge is -2.46. The first-order valence-electron chi connectivity index (χ1n) is 10.4. The predicted octanol–water partition coefficient (Wildman–Crippen LogP) is 3.04. The van der Waals surface area contributed by atoms with Gasteiger partial charge in [0.25, 0.3) is 0 Å². The van der Waals surface area contributed by atoms with Crippen molar-refractivity contribution in [3.05, 3.63) is 29.8 Å². The van der Waals surface area contributed by atoms with Crippen molar-refractivity contribution in [1.82, 2.24) is 4.90 Å². The Hall–Kier alpha value is -2.23. The number of ether oxygens (including phenoxy) is 3. The van der Waals surface area contributed by atoms with Crippen LogP contribution in [0.5, 0.6) is 5.75 Å². The molecular formula is C23H32N2O4. The minimum absolute atomic E-state index is 0.485. The Labute approximate surface area is 173 Å². The summed E-state index contributed by atoms with van der Waals surface area (Å²) in [6.45, 7) is 6.58. The maximum absolute atomic E-state index is 11.5. The minimum atomic E-state index is -0.885. The molecule has 6 heteroatoms. The van der Waals surface area contributed by atoms with Gasteiger partial charge in [-0.15, -0.1) is 0 Å². The molecule has 0 aromatic heterocycles. The molecule has 2 N–H and O–H groups in total. The second-order valence-corrected chi connectivity index (χ2v) is 8.22. The maximum atomic E-state index is 11.5. The lowest BCUT2D eigenvalue weighted by molar-refractivity contribution is -0.00324. The molecule has 1 aromatic rings. The highest BCUT2D eigenvalue weighted by molar-refractivity contribution is 5.65.